The third-order valence-electron chi connectivity index (χ3n) is 5.52. The quantitative estimate of drug-likeness (QED) is 0.478. The van der Waals surface area contributed by atoms with Crippen LogP contribution >= 0.6 is 11.3 Å². The van der Waals surface area contributed by atoms with Gasteiger partial charge in [0.2, 0.25) is 11.8 Å². The zero-order chi connectivity index (χ0) is 20.5. The fourth-order valence-corrected chi connectivity index (χ4v) is 4.93. The number of fused-ring (bicyclic) bond motifs is 2. The Hall–Kier alpha value is -3.25. The maximum absolute atomic E-state index is 13.5. The van der Waals surface area contributed by atoms with E-state index in [9.17, 15) is 9.59 Å². The molecule has 0 N–H and O–H groups in total. The van der Waals surface area contributed by atoms with Crippen LogP contribution in [0.4, 0.5) is 5.13 Å². The lowest BCUT2D eigenvalue weighted by Crippen LogP contribution is -2.43. The van der Waals surface area contributed by atoms with Crippen LogP contribution in [0.1, 0.15) is 18.4 Å². The molecule has 1 aromatic heterocycles. The molecule has 0 bridgehead atoms. The highest BCUT2D eigenvalue weighted by atomic mass is 32.1. The van der Waals surface area contributed by atoms with E-state index in [1.165, 1.54) is 11.3 Å². The summed E-state index contributed by atoms with van der Waals surface area (Å²) < 4.78 is 1.03. The van der Waals surface area contributed by atoms with E-state index in [1.54, 1.807) is 9.80 Å². The predicted octanol–water partition coefficient (Wildman–Crippen LogP) is 4.61. The molecular formula is C24H21N3O2S. The summed E-state index contributed by atoms with van der Waals surface area (Å²) >= 11 is 1.49. The number of carbonyl (C=O) groups is 2. The molecule has 0 atom stereocenters. The summed E-state index contributed by atoms with van der Waals surface area (Å²) in [5.74, 6) is 0.0455. The van der Waals surface area contributed by atoms with E-state index in [0.717, 1.165) is 33.0 Å². The van der Waals surface area contributed by atoms with Crippen LogP contribution in [0.2, 0.25) is 0 Å². The number of thiazole rings is 1. The summed E-state index contributed by atoms with van der Waals surface area (Å²) in [5, 5.41) is 2.83. The molecular weight excluding hydrogens is 394 g/mol. The molecule has 0 saturated carbocycles. The molecule has 0 aliphatic carbocycles. The minimum atomic E-state index is -0.0508. The summed E-state index contributed by atoms with van der Waals surface area (Å²) in [6, 6.07) is 22.0. The van der Waals surface area contributed by atoms with Gasteiger partial charge in [0.05, 0.1) is 16.6 Å². The van der Waals surface area contributed by atoms with E-state index < -0.39 is 0 Å². The lowest BCUT2D eigenvalue weighted by atomic mass is 10.0. The maximum Gasteiger partial charge on any atom is 0.234 e. The standard InChI is InChI=1S/C24H21N3O2S/c28-22-13-6-14-26(22)16-27(24-25-20-11-3-4-12-21(20)30-24)23(29)15-18-9-5-8-17-7-1-2-10-19(17)18/h1-5,7-12H,6,13-16H2. The highest BCUT2D eigenvalue weighted by Crippen LogP contribution is 2.30. The molecule has 0 spiro atoms. The summed E-state index contributed by atoms with van der Waals surface area (Å²) in [5.41, 5.74) is 1.85. The van der Waals surface area contributed by atoms with Crippen LogP contribution in [0, 0.1) is 0 Å². The molecule has 0 radical (unpaired) electrons. The highest BCUT2D eigenvalue weighted by Gasteiger charge is 2.27. The molecule has 4 aromatic rings. The van der Waals surface area contributed by atoms with Gasteiger partial charge in [-0.15, -0.1) is 0 Å². The van der Waals surface area contributed by atoms with Crippen molar-refractivity contribution in [2.24, 2.45) is 0 Å². The fourth-order valence-electron chi connectivity index (χ4n) is 3.95. The van der Waals surface area contributed by atoms with Crippen LogP contribution in [0.25, 0.3) is 21.0 Å². The number of aromatic nitrogens is 1. The number of likely N-dealkylation sites (tertiary alicyclic amines) is 1. The zero-order valence-corrected chi connectivity index (χ0v) is 17.3. The van der Waals surface area contributed by atoms with Gasteiger partial charge in [-0.2, -0.15) is 0 Å². The summed E-state index contributed by atoms with van der Waals surface area (Å²) in [7, 11) is 0. The van der Waals surface area contributed by atoms with E-state index in [1.807, 2.05) is 54.6 Å². The summed E-state index contributed by atoms with van der Waals surface area (Å²) in [4.78, 5) is 33.8. The number of hydrogen-bond acceptors (Lipinski definition) is 4. The fraction of sp³-hybridized carbons (Fsp3) is 0.208. The van der Waals surface area contributed by atoms with Gasteiger partial charge in [-0.1, -0.05) is 65.9 Å². The number of rotatable bonds is 5. The first-order valence-corrected chi connectivity index (χ1v) is 10.9. The first kappa shape index (κ1) is 18.8. The van der Waals surface area contributed by atoms with E-state index >= 15 is 0 Å². The van der Waals surface area contributed by atoms with Crippen molar-refractivity contribution in [2.75, 3.05) is 18.1 Å². The molecule has 3 aromatic carbocycles. The van der Waals surface area contributed by atoms with Crippen molar-refractivity contribution in [3.63, 3.8) is 0 Å². The molecule has 2 heterocycles. The van der Waals surface area contributed by atoms with Gasteiger partial charge in [0.25, 0.3) is 0 Å². The Morgan fingerprint density at radius 2 is 1.83 bits per heavy atom. The molecule has 5 rings (SSSR count). The highest BCUT2D eigenvalue weighted by molar-refractivity contribution is 7.22. The number of amides is 2. The van der Waals surface area contributed by atoms with Gasteiger partial charge in [-0.05, 0) is 34.9 Å². The monoisotopic (exact) mass is 415 g/mol. The Morgan fingerprint density at radius 1 is 1.03 bits per heavy atom. The minimum absolute atomic E-state index is 0.0508. The second kappa shape index (κ2) is 7.88. The largest absolute Gasteiger partial charge is 0.324 e. The third-order valence-corrected chi connectivity index (χ3v) is 6.58. The Kier molecular flexibility index (Phi) is 4.93. The first-order valence-electron chi connectivity index (χ1n) is 10.1. The van der Waals surface area contributed by atoms with Gasteiger partial charge in [0.15, 0.2) is 5.13 Å². The topological polar surface area (TPSA) is 53.5 Å². The van der Waals surface area contributed by atoms with Crippen LogP contribution in [0.15, 0.2) is 66.7 Å². The van der Waals surface area contributed by atoms with Crippen molar-refractivity contribution in [2.45, 2.75) is 19.3 Å². The number of anilines is 1. The molecule has 0 unspecified atom stereocenters. The average molecular weight is 416 g/mol. The van der Waals surface area contributed by atoms with E-state index in [2.05, 4.69) is 12.1 Å². The minimum Gasteiger partial charge on any atom is -0.324 e. The van der Waals surface area contributed by atoms with Gasteiger partial charge in [-0.25, -0.2) is 4.98 Å². The zero-order valence-electron chi connectivity index (χ0n) is 16.5. The number of benzene rings is 3. The van der Waals surface area contributed by atoms with E-state index in [4.69, 9.17) is 4.98 Å². The van der Waals surface area contributed by atoms with Crippen molar-refractivity contribution in [3.8, 4) is 0 Å². The molecule has 5 nitrogen and oxygen atoms in total. The second-order valence-electron chi connectivity index (χ2n) is 7.50. The Morgan fingerprint density at radius 3 is 2.67 bits per heavy atom. The van der Waals surface area contributed by atoms with Crippen molar-refractivity contribution in [1.29, 1.82) is 0 Å². The SMILES string of the molecule is O=C1CCCN1CN(C(=O)Cc1cccc2ccccc12)c1nc2ccccc2s1. The van der Waals surface area contributed by atoms with Gasteiger partial charge in [0.1, 0.15) is 6.67 Å². The third kappa shape index (κ3) is 3.55. The molecule has 2 amide bonds. The summed E-state index contributed by atoms with van der Waals surface area (Å²) in [6.45, 7) is 0.935. The van der Waals surface area contributed by atoms with Crippen molar-refractivity contribution >= 4 is 49.3 Å². The van der Waals surface area contributed by atoms with Crippen LogP contribution in [-0.2, 0) is 16.0 Å². The second-order valence-corrected chi connectivity index (χ2v) is 8.51. The smallest absolute Gasteiger partial charge is 0.234 e. The number of nitrogens with zero attached hydrogens (tertiary/aromatic N) is 3. The number of carbonyl (C=O) groups excluding carboxylic acids is 2. The van der Waals surface area contributed by atoms with Crippen molar-refractivity contribution in [1.82, 2.24) is 9.88 Å². The molecule has 1 aliphatic heterocycles. The lowest BCUT2D eigenvalue weighted by molar-refractivity contribution is -0.128. The Balaban J connectivity index is 1.50. The molecule has 1 aliphatic rings. The average Bonchev–Trinajstić information content (AvgIpc) is 3.37. The number of para-hydroxylation sites is 1. The normalized spacial score (nSPS) is 14.0. The van der Waals surface area contributed by atoms with Crippen LogP contribution in [0.3, 0.4) is 0 Å². The van der Waals surface area contributed by atoms with Gasteiger partial charge in [-0.3, -0.25) is 14.5 Å². The van der Waals surface area contributed by atoms with Crippen molar-refractivity contribution in [3.05, 3.63) is 72.3 Å². The Bertz CT molecular complexity index is 1210. The molecule has 1 fully saturated rings. The molecule has 6 heteroatoms. The van der Waals surface area contributed by atoms with Gasteiger partial charge < -0.3 is 4.90 Å². The maximum atomic E-state index is 13.5. The van der Waals surface area contributed by atoms with E-state index in [-0.39, 0.29) is 24.9 Å². The number of hydrogen-bond donors (Lipinski definition) is 0. The van der Waals surface area contributed by atoms with Crippen LogP contribution in [-0.4, -0.2) is 34.9 Å². The van der Waals surface area contributed by atoms with Crippen LogP contribution in [0.5, 0.6) is 0 Å². The first-order chi connectivity index (χ1) is 14.7. The molecule has 30 heavy (non-hydrogen) atoms. The van der Waals surface area contributed by atoms with Gasteiger partial charge >= 0.3 is 0 Å². The van der Waals surface area contributed by atoms with Crippen molar-refractivity contribution < 1.29 is 9.59 Å². The molecule has 150 valence electrons. The Labute approximate surface area is 178 Å². The van der Waals surface area contributed by atoms with Crippen LogP contribution < -0.4 is 4.90 Å². The van der Waals surface area contributed by atoms with E-state index in [0.29, 0.717) is 18.1 Å². The summed E-state index contributed by atoms with van der Waals surface area (Å²) in [6.07, 6.45) is 1.65. The predicted molar refractivity (Wildman–Crippen MR) is 121 cm³/mol. The molecule has 1 saturated heterocycles. The van der Waals surface area contributed by atoms with Gasteiger partial charge in [0, 0.05) is 13.0 Å². The lowest BCUT2D eigenvalue weighted by Gasteiger charge is -2.26.